The van der Waals surface area contributed by atoms with Crippen molar-refractivity contribution >= 4 is 5.71 Å². The van der Waals surface area contributed by atoms with Crippen LogP contribution in [0.15, 0.2) is 5.10 Å². The maximum Gasteiger partial charge on any atom is 0.0458 e. The largest absolute Gasteiger partial charge is 0.310 e. The molecule has 1 N–H and O–H groups in total. The smallest absolute Gasteiger partial charge is 0.0458 e. The van der Waals surface area contributed by atoms with Gasteiger partial charge in [0, 0.05) is 24.1 Å². The second-order valence-corrected chi connectivity index (χ2v) is 6.41. The van der Waals surface area contributed by atoms with E-state index in [9.17, 15) is 0 Å². The molecule has 4 aliphatic carbocycles. The lowest BCUT2D eigenvalue weighted by molar-refractivity contribution is -0.0130. The van der Waals surface area contributed by atoms with E-state index in [1.807, 2.05) is 0 Å². The first-order valence-electron chi connectivity index (χ1n) is 6.64. The van der Waals surface area contributed by atoms with Crippen LogP contribution in [0.1, 0.15) is 44.9 Å². The van der Waals surface area contributed by atoms with E-state index >= 15 is 0 Å². The molecule has 0 aromatic heterocycles. The van der Waals surface area contributed by atoms with E-state index in [4.69, 9.17) is 0 Å². The normalized spacial score (nSPS) is 51.7. The van der Waals surface area contributed by atoms with Crippen LogP contribution in [0, 0.1) is 23.2 Å². The number of nitrogens with zero attached hydrogens (tertiary/aromatic N) is 1. The minimum absolute atomic E-state index is 0.568. The highest BCUT2D eigenvalue weighted by Crippen LogP contribution is 2.60. The van der Waals surface area contributed by atoms with Crippen LogP contribution in [0.2, 0.25) is 0 Å². The van der Waals surface area contributed by atoms with Gasteiger partial charge in [0.25, 0.3) is 0 Å². The molecule has 0 atom stereocenters. The van der Waals surface area contributed by atoms with Gasteiger partial charge in [-0.15, -0.1) is 0 Å². The summed E-state index contributed by atoms with van der Waals surface area (Å²) in [6, 6.07) is 0. The molecule has 4 fully saturated rings. The molecule has 0 radical (unpaired) electrons. The molecule has 1 heterocycles. The van der Waals surface area contributed by atoms with Gasteiger partial charge >= 0.3 is 0 Å². The first kappa shape index (κ1) is 8.60. The fourth-order valence-corrected chi connectivity index (χ4v) is 5.23. The summed E-state index contributed by atoms with van der Waals surface area (Å²) in [5.41, 5.74) is 5.30. The number of nitrogens with one attached hydrogen (secondary N) is 1. The van der Waals surface area contributed by atoms with Gasteiger partial charge in [-0.1, -0.05) is 0 Å². The Kier molecular flexibility index (Phi) is 1.59. The quantitative estimate of drug-likeness (QED) is 0.697. The highest BCUT2D eigenvalue weighted by Gasteiger charge is 2.53. The van der Waals surface area contributed by atoms with E-state index in [0.29, 0.717) is 5.41 Å². The maximum absolute atomic E-state index is 4.59. The van der Waals surface area contributed by atoms with Crippen LogP contribution in [-0.4, -0.2) is 12.3 Å². The van der Waals surface area contributed by atoms with E-state index in [-0.39, 0.29) is 0 Å². The Morgan fingerprint density at radius 1 is 1.00 bits per heavy atom. The lowest BCUT2D eigenvalue weighted by atomic mass is 9.48. The predicted octanol–water partition coefficient (Wildman–Crippen LogP) is 2.55. The van der Waals surface area contributed by atoms with Gasteiger partial charge in [0.15, 0.2) is 0 Å². The highest BCUT2D eigenvalue weighted by atomic mass is 15.3. The number of hydrazone groups is 1. The van der Waals surface area contributed by atoms with Crippen molar-refractivity contribution in [3.63, 3.8) is 0 Å². The summed E-state index contributed by atoms with van der Waals surface area (Å²) in [6.45, 7) is 1.09. The van der Waals surface area contributed by atoms with E-state index in [0.717, 1.165) is 24.3 Å². The van der Waals surface area contributed by atoms with E-state index < -0.39 is 0 Å². The standard InChI is InChI=1S/C13H20N2/c1-2-14-15-12(1)13-6-9-3-10(7-13)5-11(4-9)8-13/h9-11,14H,1-8H2. The number of hydrogen-bond acceptors (Lipinski definition) is 2. The molecular formula is C13H20N2. The number of hydrogen-bond donors (Lipinski definition) is 1. The molecule has 5 aliphatic rings. The van der Waals surface area contributed by atoms with Gasteiger partial charge in [-0.05, 0) is 56.3 Å². The van der Waals surface area contributed by atoms with E-state index in [1.165, 1.54) is 25.7 Å². The Labute approximate surface area is 91.5 Å². The van der Waals surface area contributed by atoms with Crippen molar-refractivity contribution in [1.29, 1.82) is 0 Å². The van der Waals surface area contributed by atoms with Gasteiger partial charge in [0.05, 0.1) is 0 Å². The highest BCUT2D eigenvalue weighted by molar-refractivity contribution is 5.91. The third-order valence-corrected chi connectivity index (χ3v) is 5.34. The molecule has 4 saturated carbocycles. The molecule has 1 aliphatic heterocycles. The summed E-state index contributed by atoms with van der Waals surface area (Å²) < 4.78 is 0. The van der Waals surface area contributed by atoms with Crippen LogP contribution >= 0.6 is 0 Å². The average Bonchev–Trinajstić information content (AvgIpc) is 2.67. The first-order valence-corrected chi connectivity index (χ1v) is 6.64. The molecule has 0 aromatic carbocycles. The zero-order chi connectivity index (χ0) is 9.88. The Morgan fingerprint density at radius 3 is 2.07 bits per heavy atom. The molecule has 0 spiro atoms. The molecule has 5 rings (SSSR count). The fourth-order valence-electron chi connectivity index (χ4n) is 5.23. The van der Waals surface area contributed by atoms with Crippen LogP contribution < -0.4 is 5.43 Å². The van der Waals surface area contributed by atoms with Crippen LogP contribution in [0.25, 0.3) is 0 Å². The minimum atomic E-state index is 0.568. The lowest BCUT2D eigenvalue weighted by Crippen LogP contribution is -2.49. The van der Waals surface area contributed by atoms with Gasteiger partial charge < -0.3 is 5.43 Å². The monoisotopic (exact) mass is 204 g/mol. The van der Waals surface area contributed by atoms with E-state index in [2.05, 4.69) is 10.5 Å². The molecule has 2 nitrogen and oxygen atoms in total. The Bertz CT molecular complexity index is 283. The first-order chi connectivity index (χ1) is 7.34. The zero-order valence-corrected chi connectivity index (χ0v) is 9.34. The maximum atomic E-state index is 4.59. The minimum Gasteiger partial charge on any atom is -0.310 e. The van der Waals surface area contributed by atoms with Crippen LogP contribution in [-0.2, 0) is 0 Å². The zero-order valence-electron chi connectivity index (χ0n) is 9.34. The molecule has 0 saturated heterocycles. The third kappa shape index (κ3) is 1.14. The van der Waals surface area contributed by atoms with Crippen molar-refractivity contribution in [3.05, 3.63) is 0 Å². The summed E-state index contributed by atoms with van der Waals surface area (Å²) in [5.74, 6) is 3.17. The van der Waals surface area contributed by atoms with Crippen molar-refractivity contribution in [2.45, 2.75) is 44.9 Å². The van der Waals surface area contributed by atoms with Gasteiger partial charge in [-0.3, -0.25) is 0 Å². The molecule has 82 valence electrons. The SMILES string of the molecule is C1CC(C23CC4CC(CC(C4)C2)C3)=NN1. The Balaban J connectivity index is 1.71. The summed E-state index contributed by atoms with van der Waals surface area (Å²) in [5, 5.41) is 4.59. The van der Waals surface area contributed by atoms with Crippen molar-refractivity contribution in [3.8, 4) is 0 Å². The van der Waals surface area contributed by atoms with Crippen LogP contribution in [0.4, 0.5) is 0 Å². The second-order valence-electron chi connectivity index (χ2n) is 6.41. The van der Waals surface area contributed by atoms with Crippen molar-refractivity contribution in [2.24, 2.45) is 28.3 Å². The lowest BCUT2D eigenvalue weighted by Gasteiger charge is -2.56. The van der Waals surface area contributed by atoms with Gasteiger partial charge in [-0.25, -0.2) is 0 Å². The Morgan fingerprint density at radius 2 is 1.60 bits per heavy atom. The van der Waals surface area contributed by atoms with Crippen LogP contribution in [0.3, 0.4) is 0 Å². The summed E-state index contributed by atoms with van der Waals surface area (Å²) in [7, 11) is 0. The fraction of sp³-hybridized carbons (Fsp3) is 0.923. The number of rotatable bonds is 1. The van der Waals surface area contributed by atoms with Crippen molar-refractivity contribution in [2.75, 3.05) is 6.54 Å². The third-order valence-electron chi connectivity index (χ3n) is 5.34. The second kappa shape index (κ2) is 2.78. The van der Waals surface area contributed by atoms with Crippen molar-refractivity contribution < 1.29 is 0 Å². The molecular weight excluding hydrogens is 184 g/mol. The summed E-state index contributed by atoms with van der Waals surface area (Å²) in [4.78, 5) is 0. The van der Waals surface area contributed by atoms with Gasteiger partial charge in [0.1, 0.15) is 0 Å². The van der Waals surface area contributed by atoms with Gasteiger partial charge in [-0.2, -0.15) is 5.10 Å². The molecule has 0 unspecified atom stereocenters. The predicted molar refractivity (Wildman–Crippen MR) is 60.7 cm³/mol. The van der Waals surface area contributed by atoms with E-state index in [1.54, 1.807) is 25.0 Å². The molecule has 4 bridgehead atoms. The Hall–Kier alpha value is -0.530. The molecule has 0 amide bonds. The molecule has 0 aromatic rings. The van der Waals surface area contributed by atoms with Crippen molar-refractivity contribution in [1.82, 2.24) is 5.43 Å². The topological polar surface area (TPSA) is 24.4 Å². The molecule has 2 heteroatoms. The summed E-state index contributed by atoms with van der Waals surface area (Å²) in [6.07, 6.45) is 10.3. The molecule has 15 heavy (non-hydrogen) atoms. The van der Waals surface area contributed by atoms with Gasteiger partial charge in [0.2, 0.25) is 0 Å². The average molecular weight is 204 g/mol. The van der Waals surface area contributed by atoms with Crippen LogP contribution in [0.5, 0.6) is 0 Å². The summed E-state index contributed by atoms with van der Waals surface area (Å²) >= 11 is 0.